The molecule has 0 aliphatic carbocycles. The smallest absolute Gasteiger partial charge is 0.410 e. The van der Waals surface area contributed by atoms with Crippen molar-refractivity contribution in [3.8, 4) is 0 Å². The van der Waals surface area contributed by atoms with E-state index in [-0.39, 0.29) is 17.7 Å². The maximum atomic E-state index is 12.6. The molecule has 1 fully saturated rings. The van der Waals surface area contributed by atoms with Crippen LogP contribution < -0.4 is 5.32 Å². The molecule has 5 heteroatoms. The summed E-state index contributed by atoms with van der Waals surface area (Å²) >= 11 is 0. The number of rotatable bonds is 6. The molecule has 1 aliphatic rings. The number of hydrogen-bond acceptors (Lipinski definition) is 4. The Morgan fingerprint density at radius 3 is 2.55 bits per heavy atom. The zero-order valence-electron chi connectivity index (χ0n) is 15.2. The van der Waals surface area contributed by atoms with Crippen LogP contribution in [0.3, 0.4) is 0 Å². The van der Waals surface area contributed by atoms with Crippen LogP contribution in [-0.4, -0.2) is 55.0 Å². The van der Waals surface area contributed by atoms with Gasteiger partial charge in [0, 0.05) is 13.2 Å². The number of carbonyl (C=O) groups excluding carboxylic acids is 1. The molecule has 5 nitrogen and oxygen atoms in total. The molecule has 1 aliphatic heterocycles. The number of likely N-dealkylation sites (N-methyl/N-ethyl adjacent to an activating group) is 1. The first-order valence-corrected chi connectivity index (χ1v) is 8.56. The normalized spacial score (nSPS) is 26.1. The van der Waals surface area contributed by atoms with Gasteiger partial charge in [-0.15, -0.1) is 0 Å². The fourth-order valence-corrected chi connectivity index (χ4v) is 3.27. The van der Waals surface area contributed by atoms with E-state index >= 15 is 0 Å². The van der Waals surface area contributed by atoms with Crippen molar-refractivity contribution >= 4 is 6.09 Å². The summed E-state index contributed by atoms with van der Waals surface area (Å²) in [5.74, 6) is 0. The zero-order valence-corrected chi connectivity index (χ0v) is 15.2. The van der Waals surface area contributed by atoms with Crippen LogP contribution in [0.1, 0.15) is 60.3 Å². The maximum Gasteiger partial charge on any atom is 0.410 e. The van der Waals surface area contributed by atoms with Gasteiger partial charge in [-0.3, -0.25) is 0 Å². The molecule has 0 saturated carbocycles. The lowest BCUT2D eigenvalue weighted by Crippen LogP contribution is -2.66. The number of nitrogens with one attached hydrogen (secondary N) is 1. The summed E-state index contributed by atoms with van der Waals surface area (Å²) in [6.45, 7) is 12.1. The van der Waals surface area contributed by atoms with E-state index in [1.54, 1.807) is 0 Å². The number of piperidine rings is 1. The molecule has 0 spiro atoms. The fourth-order valence-electron chi connectivity index (χ4n) is 3.27. The molecule has 0 bridgehead atoms. The molecule has 1 amide bonds. The third kappa shape index (κ3) is 4.85. The van der Waals surface area contributed by atoms with Crippen LogP contribution >= 0.6 is 0 Å². The predicted molar refractivity (Wildman–Crippen MR) is 89.2 cm³/mol. The Kier molecular flexibility index (Phi) is 7.13. The van der Waals surface area contributed by atoms with Gasteiger partial charge in [0.15, 0.2) is 0 Å². The second-order valence-corrected chi connectivity index (χ2v) is 7.16. The largest absolute Gasteiger partial charge is 0.444 e. The van der Waals surface area contributed by atoms with Gasteiger partial charge in [-0.05, 0) is 53.5 Å². The van der Waals surface area contributed by atoms with Crippen LogP contribution in [-0.2, 0) is 9.47 Å². The fraction of sp³-hybridized carbons (Fsp3) is 0.941. The van der Waals surface area contributed by atoms with E-state index in [0.29, 0.717) is 6.61 Å². The Balaban J connectivity index is 2.88. The van der Waals surface area contributed by atoms with E-state index < -0.39 is 5.60 Å². The van der Waals surface area contributed by atoms with Crippen molar-refractivity contribution < 1.29 is 14.3 Å². The van der Waals surface area contributed by atoms with Crippen molar-refractivity contribution in [1.29, 1.82) is 0 Å². The Morgan fingerprint density at radius 2 is 2.05 bits per heavy atom. The molecule has 2 atom stereocenters. The SMILES string of the molecule is CCCOCC1(NC)CCCN(C(=O)OC(C)(C)C)C1CC. The monoisotopic (exact) mass is 314 g/mol. The maximum absolute atomic E-state index is 12.6. The summed E-state index contributed by atoms with van der Waals surface area (Å²) in [4.78, 5) is 14.4. The van der Waals surface area contributed by atoms with Crippen molar-refractivity contribution in [2.45, 2.75) is 77.5 Å². The lowest BCUT2D eigenvalue weighted by Gasteiger charge is -2.49. The van der Waals surface area contributed by atoms with Crippen molar-refractivity contribution in [2.75, 3.05) is 26.8 Å². The summed E-state index contributed by atoms with van der Waals surface area (Å²) in [5, 5.41) is 3.45. The number of likely N-dealkylation sites (tertiary alicyclic amines) is 1. The average Bonchev–Trinajstić information content (AvgIpc) is 2.45. The molecule has 1 N–H and O–H groups in total. The predicted octanol–water partition coefficient (Wildman–Crippen LogP) is 3.18. The van der Waals surface area contributed by atoms with Gasteiger partial charge in [0.25, 0.3) is 0 Å². The summed E-state index contributed by atoms with van der Waals surface area (Å²) < 4.78 is 11.4. The number of hydrogen-bond donors (Lipinski definition) is 1. The van der Waals surface area contributed by atoms with Gasteiger partial charge >= 0.3 is 6.09 Å². The molecular formula is C17H34N2O3. The Labute approximate surface area is 135 Å². The summed E-state index contributed by atoms with van der Waals surface area (Å²) in [6, 6.07) is 0.0953. The topological polar surface area (TPSA) is 50.8 Å². The summed E-state index contributed by atoms with van der Waals surface area (Å²) in [6.07, 6.45) is 3.66. The summed E-state index contributed by atoms with van der Waals surface area (Å²) in [5.41, 5.74) is -0.646. The highest BCUT2D eigenvalue weighted by atomic mass is 16.6. The molecule has 130 valence electrons. The number of nitrogens with zero attached hydrogens (tertiary/aromatic N) is 1. The van der Waals surface area contributed by atoms with Crippen molar-refractivity contribution in [3.63, 3.8) is 0 Å². The van der Waals surface area contributed by atoms with Crippen LogP contribution in [0.2, 0.25) is 0 Å². The van der Waals surface area contributed by atoms with Crippen LogP contribution in [0.25, 0.3) is 0 Å². The first kappa shape index (κ1) is 19.2. The highest BCUT2D eigenvalue weighted by Crippen LogP contribution is 2.31. The quantitative estimate of drug-likeness (QED) is 0.765. The second-order valence-electron chi connectivity index (χ2n) is 7.16. The lowest BCUT2D eigenvalue weighted by molar-refractivity contribution is -0.0350. The number of carbonyl (C=O) groups is 1. The number of ether oxygens (including phenoxy) is 2. The molecule has 22 heavy (non-hydrogen) atoms. The molecule has 0 aromatic heterocycles. The minimum Gasteiger partial charge on any atom is -0.444 e. The molecule has 1 saturated heterocycles. The highest BCUT2D eigenvalue weighted by molar-refractivity contribution is 5.69. The van der Waals surface area contributed by atoms with Crippen molar-refractivity contribution in [1.82, 2.24) is 10.2 Å². The highest BCUT2D eigenvalue weighted by Gasteiger charge is 2.45. The van der Waals surface area contributed by atoms with Gasteiger partial charge in [0.05, 0.1) is 18.2 Å². The zero-order chi connectivity index (χ0) is 16.8. The van der Waals surface area contributed by atoms with Crippen LogP contribution in [0.4, 0.5) is 4.79 Å². The minimum absolute atomic E-state index is 0.0953. The van der Waals surface area contributed by atoms with Gasteiger partial charge in [-0.1, -0.05) is 13.8 Å². The van der Waals surface area contributed by atoms with E-state index in [4.69, 9.17) is 9.47 Å². The van der Waals surface area contributed by atoms with E-state index in [1.807, 2.05) is 32.7 Å². The van der Waals surface area contributed by atoms with Gasteiger partial charge < -0.3 is 19.7 Å². The molecule has 0 radical (unpaired) electrons. The third-order valence-electron chi connectivity index (χ3n) is 4.26. The van der Waals surface area contributed by atoms with Crippen LogP contribution in [0, 0.1) is 0 Å². The molecule has 0 aromatic carbocycles. The first-order valence-electron chi connectivity index (χ1n) is 8.56. The lowest BCUT2D eigenvalue weighted by atomic mass is 9.80. The van der Waals surface area contributed by atoms with Crippen LogP contribution in [0.15, 0.2) is 0 Å². The van der Waals surface area contributed by atoms with E-state index in [1.165, 1.54) is 0 Å². The van der Waals surface area contributed by atoms with Gasteiger partial charge in [-0.25, -0.2) is 4.79 Å². The minimum atomic E-state index is -0.464. The summed E-state index contributed by atoms with van der Waals surface area (Å²) in [7, 11) is 1.97. The Morgan fingerprint density at radius 1 is 1.36 bits per heavy atom. The Hall–Kier alpha value is -0.810. The third-order valence-corrected chi connectivity index (χ3v) is 4.26. The second kappa shape index (κ2) is 8.16. The van der Waals surface area contributed by atoms with Gasteiger partial charge in [0.1, 0.15) is 5.60 Å². The van der Waals surface area contributed by atoms with Gasteiger partial charge in [-0.2, -0.15) is 0 Å². The number of amides is 1. The molecule has 0 aromatic rings. The Bertz CT molecular complexity index is 354. The molecular weight excluding hydrogens is 280 g/mol. The van der Waals surface area contributed by atoms with Crippen molar-refractivity contribution in [3.05, 3.63) is 0 Å². The average molecular weight is 314 g/mol. The van der Waals surface area contributed by atoms with Crippen LogP contribution in [0.5, 0.6) is 0 Å². The standard InChI is InChI=1S/C17H34N2O3/c1-7-12-21-13-17(18-6)10-9-11-19(14(17)8-2)15(20)22-16(3,4)5/h14,18H,7-13H2,1-6H3. The molecule has 1 heterocycles. The van der Waals surface area contributed by atoms with Crippen molar-refractivity contribution in [2.24, 2.45) is 0 Å². The van der Waals surface area contributed by atoms with Gasteiger partial charge in [0.2, 0.25) is 0 Å². The van der Waals surface area contributed by atoms with E-state index in [9.17, 15) is 4.79 Å². The molecule has 2 unspecified atom stereocenters. The van der Waals surface area contributed by atoms with E-state index in [0.717, 1.165) is 38.8 Å². The molecule has 1 rings (SSSR count). The first-order chi connectivity index (χ1) is 10.3. The van der Waals surface area contributed by atoms with E-state index in [2.05, 4.69) is 19.2 Å².